The second-order valence-corrected chi connectivity index (χ2v) is 6.03. The van der Waals surface area contributed by atoms with Crippen molar-refractivity contribution in [2.45, 2.75) is 0 Å². The van der Waals surface area contributed by atoms with Crippen LogP contribution in [0, 0.1) is 10.1 Å². The maximum Gasteiger partial charge on any atom is 0.271 e. The van der Waals surface area contributed by atoms with E-state index in [0.29, 0.717) is 17.2 Å². The number of ether oxygens (including phenoxy) is 2. The molecule has 7 nitrogen and oxygen atoms in total. The number of nitrogens with zero attached hydrogens (tertiary/aromatic N) is 1. The molecule has 0 aromatic heterocycles. The van der Waals surface area contributed by atoms with Gasteiger partial charge in [0, 0.05) is 12.1 Å². The van der Waals surface area contributed by atoms with Gasteiger partial charge in [0.2, 0.25) is 0 Å². The molecule has 8 heteroatoms. The van der Waals surface area contributed by atoms with E-state index in [0.717, 1.165) is 6.07 Å². The summed E-state index contributed by atoms with van der Waals surface area (Å²) in [6, 6.07) is 19.9. The van der Waals surface area contributed by atoms with Crippen molar-refractivity contribution in [2.75, 3.05) is 11.9 Å². The molecule has 1 amide bonds. The Labute approximate surface area is 165 Å². The third-order valence-electron chi connectivity index (χ3n) is 3.62. The maximum absolute atomic E-state index is 12.2. The SMILES string of the molecule is O=C(COc1ccc([N+](=O)[O-])cc1Cl)Nc1ccccc1Oc1ccccc1. The molecule has 0 unspecified atom stereocenters. The third-order valence-corrected chi connectivity index (χ3v) is 3.91. The van der Waals surface area contributed by atoms with Gasteiger partial charge in [-0.1, -0.05) is 41.9 Å². The van der Waals surface area contributed by atoms with E-state index in [-0.39, 0.29) is 23.1 Å². The number of non-ortho nitro benzene ring substituents is 1. The largest absolute Gasteiger partial charge is 0.482 e. The first kappa shape index (κ1) is 19.2. The molecule has 142 valence electrons. The van der Waals surface area contributed by atoms with Gasteiger partial charge in [-0.2, -0.15) is 0 Å². The van der Waals surface area contributed by atoms with E-state index in [4.69, 9.17) is 21.1 Å². The summed E-state index contributed by atoms with van der Waals surface area (Å²) >= 11 is 5.95. The van der Waals surface area contributed by atoms with Crippen LogP contribution in [0.5, 0.6) is 17.2 Å². The molecule has 0 saturated heterocycles. The first-order chi connectivity index (χ1) is 13.5. The van der Waals surface area contributed by atoms with Gasteiger partial charge >= 0.3 is 0 Å². The number of hydrogen-bond donors (Lipinski definition) is 1. The van der Waals surface area contributed by atoms with E-state index in [2.05, 4.69) is 5.32 Å². The molecule has 0 aliphatic carbocycles. The first-order valence-electron chi connectivity index (χ1n) is 8.21. The van der Waals surface area contributed by atoms with E-state index in [9.17, 15) is 14.9 Å². The van der Waals surface area contributed by atoms with Crippen LogP contribution in [-0.4, -0.2) is 17.4 Å². The van der Waals surface area contributed by atoms with Gasteiger partial charge in [0.25, 0.3) is 11.6 Å². The number of hydrogen-bond acceptors (Lipinski definition) is 5. The van der Waals surface area contributed by atoms with Gasteiger partial charge < -0.3 is 14.8 Å². The molecule has 3 rings (SSSR count). The summed E-state index contributed by atoms with van der Waals surface area (Å²) in [5, 5.41) is 13.5. The van der Waals surface area contributed by atoms with Crippen molar-refractivity contribution in [3.8, 4) is 17.2 Å². The normalized spacial score (nSPS) is 10.2. The van der Waals surface area contributed by atoms with Crippen molar-refractivity contribution < 1.29 is 19.2 Å². The fourth-order valence-electron chi connectivity index (χ4n) is 2.32. The Morgan fingerprint density at radius 2 is 1.71 bits per heavy atom. The first-order valence-corrected chi connectivity index (χ1v) is 8.59. The third kappa shape index (κ3) is 4.99. The minimum atomic E-state index is -0.563. The minimum absolute atomic E-state index is 0.0508. The van der Waals surface area contributed by atoms with Gasteiger partial charge in [-0.25, -0.2) is 0 Å². The summed E-state index contributed by atoms with van der Waals surface area (Å²) in [7, 11) is 0. The Morgan fingerprint density at radius 1 is 1.00 bits per heavy atom. The highest BCUT2D eigenvalue weighted by atomic mass is 35.5. The van der Waals surface area contributed by atoms with E-state index < -0.39 is 10.8 Å². The van der Waals surface area contributed by atoms with Crippen LogP contribution in [0.15, 0.2) is 72.8 Å². The molecule has 0 fully saturated rings. The molecule has 3 aromatic rings. The van der Waals surface area contributed by atoms with Gasteiger partial charge in [-0.3, -0.25) is 14.9 Å². The van der Waals surface area contributed by atoms with Crippen molar-refractivity contribution in [3.63, 3.8) is 0 Å². The van der Waals surface area contributed by atoms with Crippen LogP contribution in [0.25, 0.3) is 0 Å². The monoisotopic (exact) mass is 398 g/mol. The van der Waals surface area contributed by atoms with Gasteiger partial charge in [0.05, 0.1) is 15.6 Å². The molecule has 0 aliphatic rings. The zero-order valence-corrected chi connectivity index (χ0v) is 15.3. The molecule has 28 heavy (non-hydrogen) atoms. The summed E-state index contributed by atoms with van der Waals surface area (Å²) in [4.78, 5) is 22.4. The quantitative estimate of drug-likeness (QED) is 0.443. The van der Waals surface area contributed by atoms with Gasteiger partial charge in [-0.05, 0) is 30.3 Å². The number of nitro groups is 1. The van der Waals surface area contributed by atoms with Gasteiger partial charge in [0.15, 0.2) is 12.4 Å². The number of amides is 1. The fraction of sp³-hybridized carbons (Fsp3) is 0.0500. The minimum Gasteiger partial charge on any atom is -0.482 e. The van der Waals surface area contributed by atoms with E-state index in [1.807, 2.05) is 18.2 Å². The summed E-state index contributed by atoms with van der Waals surface area (Å²) in [5.41, 5.74) is 0.323. The molecular weight excluding hydrogens is 384 g/mol. The van der Waals surface area contributed by atoms with Crippen LogP contribution in [0.1, 0.15) is 0 Å². The van der Waals surface area contributed by atoms with Crippen LogP contribution in [0.4, 0.5) is 11.4 Å². The number of nitro benzene ring substituents is 1. The highest BCUT2D eigenvalue weighted by Crippen LogP contribution is 2.30. The molecule has 3 aromatic carbocycles. The summed E-state index contributed by atoms with van der Waals surface area (Å²) in [5.74, 6) is 0.864. The summed E-state index contributed by atoms with van der Waals surface area (Å²) in [6.45, 7) is -0.322. The van der Waals surface area contributed by atoms with Crippen molar-refractivity contribution in [3.05, 3.63) is 87.9 Å². The lowest BCUT2D eigenvalue weighted by molar-refractivity contribution is -0.384. The zero-order valence-electron chi connectivity index (χ0n) is 14.5. The number of rotatable bonds is 7. The lowest BCUT2D eigenvalue weighted by atomic mass is 10.3. The van der Waals surface area contributed by atoms with Gasteiger partial charge in [-0.15, -0.1) is 0 Å². The Hall–Kier alpha value is -3.58. The Balaban J connectivity index is 1.63. The van der Waals surface area contributed by atoms with Crippen molar-refractivity contribution in [1.29, 1.82) is 0 Å². The fourth-order valence-corrected chi connectivity index (χ4v) is 2.55. The topological polar surface area (TPSA) is 90.7 Å². The van der Waals surface area contributed by atoms with E-state index >= 15 is 0 Å². The standard InChI is InChI=1S/C20H15ClN2O5/c21-16-12-14(23(25)26)10-11-18(16)27-13-20(24)22-17-8-4-5-9-19(17)28-15-6-2-1-3-7-15/h1-12H,13H2,(H,22,24). The average Bonchev–Trinajstić information content (AvgIpc) is 2.69. The Morgan fingerprint density at radius 3 is 2.43 bits per heavy atom. The molecule has 0 bridgehead atoms. The van der Waals surface area contributed by atoms with Crippen molar-refractivity contribution in [1.82, 2.24) is 0 Å². The predicted octanol–water partition coefficient (Wildman–Crippen LogP) is 5.06. The molecule has 1 N–H and O–H groups in total. The second kappa shape index (κ2) is 8.88. The van der Waals surface area contributed by atoms with Crippen LogP contribution in [0.2, 0.25) is 5.02 Å². The number of benzene rings is 3. The number of para-hydroxylation sites is 3. The van der Waals surface area contributed by atoms with Crippen LogP contribution >= 0.6 is 11.6 Å². The highest BCUT2D eigenvalue weighted by molar-refractivity contribution is 6.32. The Kier molecular flexibility index (Phi) is 6.08. The average molecular weight is 399 g/mol. The molecule has 0 spiro atoms. The maximum atomic E-state index is 12.2. The second-order valence-electron chi connectivity index (χ2n) is 5.62. The molecule has 0 heterocycles. The summed E-state index contributed by atoms with van der Waals surface area (Å²) < 4.78 is 11.1. The molecule has 0 saturated carbocycles. The molecule has 0 radical (unpaired) electrons. The molecule has 0 atom stereocenters. The van der Waals surface area contributed by atoms with Crippen LogP contribution in [-0.2, 0) is 4.79 Å². The number of nitrogens with one attached hydrogen (secondary N) is 1. The number of carbonyl (C=O) groups excluding carboxylic acids is 1. The summed E-state index contributed by atoms with van der Waals surface area (Å²) in [6.07, 6.45) is 0. The van der Waals surface area contributed by atoms with E-state index in [1.54, 1.807) is 36.4 Å². The van der Waals surface area contributed by atoms with Crippen molar-refractivity contribution in [2.24, 2.45) is 0 Å². The lowest BCUT2D eigenvalue weighted by Crippen LogP contribution is -2.20. The smallest absolute Gasteiger partial charge is 0.271 e. The lowest BCUT2D eigenvalue weighted by Gasteiger charge is -2.13. The van der Waals surface area contributed by atoms with Gasteiger partial charge in [0.1, 0.15) is 11.5 Å². The molecule has 0 aliphatic heterocycles. The highest BCUT2D eigenvalue weighted by Gasteiger charge is 2.13. The Bertz CT molecular complexity index is 995. The molecular formula is C20H15ClN2O5. The van der Waals surface area contributed by atoms with E-state index in [1.165, 1.54) is 12.1 Å². The van der Waals surface area contributed by atoms with Crippen molar-refractivity contribution >= 4 is 28.9 Å². The van der Waals surface area contributed by atoms with Crippen LogP contribution in [0.3, 0.4) is 0 Å². The predicted molar refractivity (Wildman–Crippen MR) is 105 cm³/mol. The number of halogens is 1. The van der Waals surface area contributed by atoms with Crippen LogP contribution < -0.4 is 14.8 Å². The number of carbonyl (C=O) groups is 1. The number of anilines is 1. The zero-order chi connectivity index (χ0) is 19.9.